The van der Waals surface area contributed by atoms with Gasteiger partial charge in [-0.1, -0.05) is 38.8 Å². The highest BCUT2D eigenvalue weighted by molar-refractivity contribution is 5.87. The van der Waals surface area contributed by atoms with Crippen LogP contribution in [0.2, 0.25) is 0 Å². The van der Waals surface area contributed by atoms with Crippen molar-refractivity contribution in [1.82, 2.24) is 0 Å². The Balaban J connectivity index is 2.34. The molecule has 5 atom stereocenters. The number of fused-ring (bicyclic) bond motifs is 1. The third-order valence-corrected chi connectivity index (χ3v) is 5.36. The average molecular weight is 236 g/mol. The molecule has 0 radical (unpaired) electrons. The Kier molecular flexibility index (Phi) is 3.19. The van der Waals surface area contributed by atoms with Crippen molar-refractivity contribution in [3.63, 3.8) is 0 Å². The summed E-state index contributed by atoms with van der Waals surface area (Å²) in [7, 11) is 0. The molecule has 2 unspecified atom stereocenters. The normalized spacial score (nSPS) is 46.5. The molecule has 0 aliphatic heterocycles. The van der Waals surface area contributed by atoms with Crippen LogP contribution >= 0.6 is 0 Å². The minimum Gasteiger partial charge on any atom is -0.385 e. The zero-order valence-corrected chi connectivity index (χ0v) is 11.2. The Morgan fingerprint density at radius 3 is 2.71 bits per heavy atom. The molecule has 0 amide bonds. The van der Waals surface area contributed by atoms with Crippen LogP contribution in [-0.2, 0) is 4.79 Å². The molecular weight excluding hydrogens is 212 g/mol. The number of ketones is 1. The fraction of sp³-hybridized carbons (Fsp3) is 0.800. The van der Waals surface area contributed by atoms with E-state index in [1.807, 2.05) is 6.92 Å². The summed E-state index contributed by atoms with van der Waals surface area (Å²) in [4.78, 5) is 12.3. The maximum absolute atomic E-state index is 12.3. The second kappa shape index (κ2) is 4.24. The highest BCUT2D eigenvalue weighted by Crippen LogP contribution is 2.54. The molecule has 0 aromatic rings. The van der Waals surface area contributed by atoms with Crippen LogP contribution in [0.15, 0.2) is 12.2 Å². The lowest BCUT2D eigenvalue weighted by atomic mass is 9.52. The van der Waals surface area contributed by atoms with Gasteiger partial charge in [0.15, 0.2) is 5.78 Å². The zero-order valence-electron chi connectivity index (χ0n) is 11.2. The molecular formula is C15H24O2. The number of hydrogen-bond donors (Lipinski definition) is 1. The first-order chi connectivity index (χ1) is 7.88. The molecule has 2 aliphatic rings. The van der Waals surface area contributed by atoms with Crippen molar-refractivity contribution in [2.24, 2.45) is 23.2 Å². The van der Waals surface area contributed by atoms with Gasteiger partial charge in [-0.3, -0.25) is 4.79 Å². The van der Waals surface area contributed by atoms with E-state index >= 15 is 0 Å². The minimum absolute atomic E-state index is 0.0377. The van der Waals surface area contributed by atoms with Gasteiger partial charge >= 0.3 is 0 Å². The summed E-state index contributed by atoms with van der Waals surface area (Å²) < 4.78 is 0. The van der Waals surface area contributed by atoms with Gasteiger partial charge in [0.05, 0.1) is 0 Å². The van der Waals surface area contributed by atoms with Crippen LogP contribution in [-0.4, -0.2) is 17.0 Å². The van der Waals surface area contributed by atoms with Gasteiger partial charge in [-0.2, -0.15) is 0 Å². The number of Topliss-reactive ketones (excluding diaryl/α,β-unsaturated/α-hetero) is 1. The topological polar surface area (TPSA) is 37.3 Å². The SMILES string of the molecule is C=C(C)C1C[C@@]2(C)C(CCC[C@@H]2C)C(=O)[C@@H]1O. The summed E-state index contributed by atoms with van der Waals surface area (Å²) in [5.74, 6) is 0.666. The van der Waals surface area contributed by atoms with Gasteiger partial charge in [0, 0.05) is 11.8 Å². The highest BCUT2D eigenvalue weighted by atomic mass is 16.3. The van der Waals surface area contributed by atoms with Gasteiger partial charge < -0.3 is 5.11 Å². The number of aliphatic hydroxyl groups excluding tert-OH is 1. The van der Waals surface area contributed by atoms with Crippen molar-refractivity contribution >= 4 is 5.78 Å². The van der Waals surface area contributed by atoms with Gasteiger partial charge in [0.2, 0.25) is 0 Å². The lowest BCUT2D eigenvalue weighted by molar-refractivity contribution is -0.151. The van der Waals surface area contributed by atoms with E-state index in [1.54, 1.807) is 0 Å². The first kappa shape index (κ1) is 12.8. The summed E-state index contributed by atoms with van der Waals surface area (Å²) in [6.07, 6.45) is 3.40. The second-order valence-electron chi connectivity index (χ2n) is 6.39. The van der Waals surface area contributed by atoms with E-state index in [9.17, 15) is 9.90 Å². The second-order valence-corrected chi connectivity index (χ2v) is 6.39. The van der Waals surface area contributed by atoms with Gasteiger partial charge in [-0.15, -0.1) is 0 Å². The maximum atomic E-state index is 12.3. The molecule has 0 spiro atoms. The molecule has 1 N–H and O–H groups in total. The summed E-state index contributed by atoms with van der Waals surface area (Å²) in [5.41, 5.74) is 1.02. The smallest absolute Gasteiger partial charge is 0.165 e. The van der Waals surface area contributed by atoms with Crippen LogP contribution in [0.25, 0.3) is 0 Å². The summed E-state index contributed by atoms with van der Waals surface area (Å²) >= 11 is 0. The molecule has 0 saturated heterocycles. The summed E-state index contributed by atoms with van der Waals surface area (Å²) in [6, 6.07) is 0. The molecule has 2 rings (SSSR count). The van der Waals surface area contributed by atoms with Crippen LogP contribution < -0.4 is 0 Å². The molecule has 2 fully saturated rings. The molecule has 2 nitrogen and oxygen atoms in total. The van der Waals surface area contributed by atoms with E-state index in [2.05, 4.69) is 20.4 Å². The van der Waals surface area contributed by atoms with E-state index in [-0.39, 0.29) is 23.0 Å². The van der Waals surface area contributed by atoms with E-state index in [0.717, 1.165) is 24.8 Å². The van der Waals surface area contributed by atoms with Crippen LogP contribution in [0.1, 0.15) is 46.5 Å². The number of carbonyl (C=O) groups is 1. The predicted molar refractivity (Wildman–Crippen MR) is 68.5 cm³/mol. The third-order valence-electron chi connectivity index (χ3n) is 5.36. The van der Waals surface area contributed by atoms with Crippen molar-refractivity contribution in [3.05, 3.63) is 12.2 Å². The fourth-order valence-corrected chi connectivity index (χ4v) is 3.88. The van der Waals surface area contributed by atoms with Crippen LogP contribution in [0.3, 0.4) is 0 Å². The van der Waals surface area contributed by atoms with E-state index in [0.29, 0.717) is 5.92 Å². The van der Waals surface area contributed by atoms with Crippen molar-refractivity contribution < 1.29 is 9.90 Å². The predicted octanol–water partition coefficient (Wildman–Crippen LogP) is 2.95. The monoisotopic (exact) mass is 236 g/mol. The molecule has 96 valence electrons. The van der Waals surface area contributed by atoms with Crippen LogP contribution in [0.5, 0.6) is 0 Å². The van der Waals surface area contributed by atoms with Crippen molar-refractivity contribution in [2.45, 2.75) is 52.6 Å². The lowest BCUT2D eigenvalue weighted by Crippen LogP contribution is -2.53. The molecule has 0 heterocycles. The standard InChI is InChI=1S/C15H24O2/c1-9(2)11-8-15(4)10(3)6-5-7-12(15)14(17)13(11)16/h10-13,16H,1,5-8H2,2-4H3/t10-,11?,12?,13+,15+/m0/s1. The number of hydrogen-bond acceptors (Lipinski definition) is 2. The van der Waals surface area contributed by atoms with Crippen LogP contribution in [0.4, 0.5) is 0 Å². The molecule has 2 aliphatic carbocycles. The first-order valence-electron chi connectivity index (χ1n) is 6.75. The van der Waals surface area contributed by atoms with Gasteiger partial charge in [-0.05, 0) is 31.1 Å². The van der Waals surface area contributed by atoms with E-state index in [4.69, 9.17) is 0 Å². The fourth-order valence-electron chi connectivity index (χ4n) is 3.88. The van der Waals surface area contributed by atoms with Crippen LogP contribution in [0, 0.1) is 23.2 Å². The van der Waals surface area contributed by atoms with Gasteiger partial charge in [0.1, 0.15) is 6.10 Å². The zero-order chi connectivity index (χ0) is 12.8. The Morgan fingerprint density at radius 2 is 2.12 bits per heavy atom. The summed E-state index contributed by atoms with van der Waals surface area (Å²) in [5, 5.41) is 10.1. The van der Waals surface area contributed by atoms with E-state index in [1.165, 1.54) is 6.42 Å². The Morgan fingerprint density at radius 1 is 1.47 bits per heavy atom. The summed E-state index contributed by atoms with van der Waals surface area (Å²) in [6.45, 7) is 10.4. The Bertz CT molecular complexity index is 347. The third kappa shape index (κ3) is 1.87. The average Bonchev–Trinajstić information content (AvgIpc) is 2.26. The van der Waals surface area contributed by atoms with Crippen molar-refractivity contribution in [1.29, 1.82) is 0 Å². The first-order valence-corrected chi connectivity index (χ1v) is 6.75. The lowest BCUT2D eigenvalue weighted by Gasteiger charge is -2.52. The highest BCUT2D eigenvalue weighted by Gasteiger charge is 2.53. The quantitative estimate of drug-likeness (QED) is 0.711. The Labute approximate surface area is 104 Å². The molecule has 0 aromatic carbocycles. The molecule has 0 bridgehead atoms. The van der Waals surface area contributed by atoms with Gasteiger partial charge in [-0.25, -0.2) is 0 Å². The van der Waals surface area contributed by atoms with Crippen molar-refractivity contribution in [2.75, 3.05) is 0 Å². The van der Waals surface area contributed by atoms with E-state index < -0.39 is 6.10 Å². The minimum atomic E-state index is -0.809. The number of aliphatic hydroxyl groups is 1. The number of rotatable bonds is 1. The molecule has 2 saturated carbocycles. The largest absolute Gasteiger partial charge is 0.385 e. The molecule has 0 aromatic heterocycles. The maximum Gasteiger partial charge on any atom is 0.165 e. The van der Waals surface area contributed by atoms with Crippen molar-refractivity contribution in [3.8, 4) is 0 Å². The van der Waals surface area contributed by atoms with Gasteiger partial charge in [0.25, 0.3) is 0 Å². The molecule has 17 heavy (non-hydrogen) atoms. The Hall–Kier alpha value is -0.630. The number of carbonyl (C=O) groups excluding carboxylic acids is 1. The molecule has 2 heteroatoms.